The molecule has 1 aromatic heterocycles. The van der Waals surface area contributed by atoms with Gasteiger partial charge in [0.1, 0.15) is 6.04 Å². The van der Waals surface area contributed by atoms with Gasteiger partial charge >= 0.3 is 5.97 Å². The fraction of sp³-hybridized carbons (Fsp3) is 0.474. The van der Waals surface area contributed by atoms with Gasteiger partial charge in [-0.2, -0.15) is 0 Å². The van der Waals surface area contributed by atoms with Crippen LogP contribution in [0, 0.1) is 5.41 Å². The molecule has 3 heterocycles. The van der Waals surface area contributed by atoms with E-state index in [9.17, 15) is 19.5 Å². The Morgan fingerprint density at radius 2 is 2.19 bits per heavy atom. The van der Waals surface area contributed by atoms with Crippen molar-refractivity contribution in [3.05, 3.63) is 35.2 Å². The normalized spacial score (nSPS) is 24.5. The van der Waals surface area contributed by atoms with Gasteiger partial charge in [-0.3, -0.25) is 14.6 Å². The summed E-state index contributed by atoms with van der Waals surface area (Å²) in [4.78, 5) is 41.7. The second kappa shape index (κ2) is 7.11. The van der Waals surface area contributed by atoms with Gasteiger partial charge in [0.25, 0.3) is 11.8 Å². The highest BCUT2D eigenvalue weighted by molar-refractivity contribution is 6.08. The van der Waals surface area contributed by atoms with E-state index in [2.05, 4.69) is 10.3 Å². The number of nitrogens with one attached hydrogen (secondary N) is 1. The summed E-state index contributed by atoms with van der Waals surface area (Å²) >= 11 is 0. The van der Waals surface area contributed by atoms with E-state index in [4.69, 9.17) is 5.73 Å². The lowest BCUT2D eigenvalue weighted by Crippen LogP contribution is -2.57. The second-order valence-corrected chi connectivity index (χ2v) is 7.63. The minimum Gasteiger partial charge on any atom is -0.480 e. The monoisotopic (exact) mass is 372 g/mol. The smallest absolute Gasteiger partial charge is 0.327 e. The molecule has 144 valence electrons. The van der Waals surface area contributed by atoms with Crippen LogP contribution in [-0.4, -0.2) is 57.9 Å². The summed E-state index contributed by atoms with van der Waals surface area (Å²) in [7, 11) is 0. The van der Waals surface area contributed by atoms with Gasteiger partial charge in [0.15, 0.2) is 0 Å². The molecule has 0 bridgehead atoms. The Kier molecular flexibility index (Phi) is 5.01. The summed E-state index contributed by atoms with van der Waals surface area (Å²) in [6.45, 7) is 4.75. The molecule has 2 aliphatic heterocycles. The third-order valence-electron chi connectivity index (χ3n) is 5.17. The summed E-state index contributed by atoms with van der Waals surface area (Å²) in [5.41, 5.74) is 6.48. The third-order valence-corrected chi connectivity index (χ3v) is 5.17. The first-order chi connectivity index (χ1) is 12.8. The molecule has 0 aromatic carbocycles. The molecular formula is C19H24N4O4. The van der Waals surface area contributed by atoms with E-state index in [1.165, 1.54) is 11.1 Å². The minimum atomic E-state index is -0.974. The van der Waals surface area contributed by atoms with Gasteiger partial charge in [0, 0.05) is 18.3 Å². The molecule has 2 atom stereocenters. The van der Waals surface area contributed by atoms with Gasteiger partial charge in [0.2, 0.25) is 0 Å². The summed E-state index contributed by atoms with van der Waals surface area (Å²) in [6.07, 6.45) is 4.45. The van der Waals surface area contributed by atoms with Crippen LogP contribution in [0.2, 0.25) is 0 Å². The second-order valence-electron chi connectivity index (χ2n) is 7.63. The van der Waals surface area contributed by atoms with E-state index in [0.29, 0.717) is 42.8 Å². The number of β-lactam (4-membered cyclic amide) rings is 1. The molecule has 2 aliphatic rings. The molecule has 27 heavy (non-hydrogen) atoms. The van der Waals surface area contributed by atoms with Gasteiger partial charge in [-0.15, -0.1) is 0 Å². The number of aliphatic carboxylic acids is 1. The molecule has 2 fully saturated rings. The molecule has 0 aliphatic carbocycles. The van der Waals surface area contributed by atoms with Crippen molar-refractivity contribution >= 4 is 23.9 Å². The number of fused-ring (bicyclic) bond motifs is 1. The van der Waals surface area contributed by atoms with Crippen molar-refractivity contribution in [2.75, 3.05) is 13.1 Å². The molecule has 0 radical (unpaired) electrons. The van der Waals surface area contributed by atoms with Crippen LogP contribution in [0.15, 0.2) is 23.9 Å². The molecule has 8 nitrogen and oxygen atoms in total. The number of pyridine rings is 1. The minimum absolute atomic E-state index is 0.199. The molecule has 3 rings (SSSR count). The first kappa shape index (κ1) is 19.0. The van der Waals surface area contributed by atoms with Crippen LogP contribution in [0.3, 0.4) is 0 Å². The molecule has 2 amide bonds. The zero-order valence-corrected chi connectivity index (χ0v) is 15.4. The van der Waals surface area contributed by atoms with Crippen molar-refractivity contribution in [1.82, 2.24) is 15.2 Å². The number of hydrogen-bond acceptors (Lipinski definition) is 5. The van der Waals surface area contributed by atoms with Gasteiger partial charge < -0.3 is 21.1 Å². The Bertz CT molecular complexity index is 800. The number of amides is 2. The molecular weight excluding hydrogens is 348 g/mol. The lowest BCUT2D eigenvalue weighted by molar-refractivity contribution is -0.154. The van der Waals surface area contributed by atoms with Crippen molar-refractivity contribution in [3.8, 4) is 0 Å². The van der Waals surface area contributed by atoms with Gasteiger partial charge in [-0.25, -0.2) is 4.79 Å². The van der Waals surface area contributed by atoms with Crippen molar-refractivity contribution in [3.63, 3.8) is 0 Å². The first-order valence-corrected chi connectivity index (χ1v) is 8.97. The molecule has 1 aromatic rings. The number of carbonyl (C=O) groups excluding carboxylic acids is 2. The maximum Gasteiger partial charge on any atom is 0.327 e. The van der Waals surface area contributed by atoms with Crippen LogP contribution in [-0.2, 0) is 9.59 Å². The largest absolute Gasteiger partial charge is 0.480 e. The summed E-state index contributed by atoms with van der Waals surface area (Å²) in [6, 6.07) is 2.32. The van der Waals surface area contributed by atoms with Crippen LogP contribution in [0.5, 0.6) is 0 Å². The fourth-order valence-electron chi connectivity index (χ4n) is 3.81. The molecule has 8 heteroatoms. The molecule has 2 saturated heterocycles. The molecule has 0 saturated carbocycles. The van der Waals surface area contributed by atoms with Crippen LogP contribution in [0.4, 0.5) is 0 Å². The van der Waals surface area contributed by atoms with E-state index in [0.717, 1.165) is 0 Å². The number of hydrogen-bond donors (Lipinski definition) is 3. The Morgan fingerprint density at radius 1 is 1.44 bits per heavy atom. The number of carbonyl (C=O) groups is 3. The van der Waals surface area contributed by atoms with Gasteiger partial charge in [0.05, 0.1) is 17.3 Å². The summed E-state index contributed by atoms with van der Waals surface area (Å²) in [5, 5.41) is 12.2. The zero-order chi connectivity index (χ0) is 19.8. The molecule has 2 unspecified atom stereocenters. The number of aromatic nitrogens is 1. The SMILES string of the molecule is CC1(C)CC2C(=Cc3ccc(C(=O)NCCCN)cn3)C(=O)N2C1C(=O)O. The molecule has 0 spiro atoms. The fourth-order valence-corrected chi connectivity index (χ4v) is 3.81. The lowest BCUT2D eigenvalue weighted by atomic mass is 9.83. The predicted octanol–water partition coefficient (Wildman–Crippen LogP) is 0.638. The van der Waals surface area contributed by atoms with E-state index >= 15 is 0 Å². The van der Waals surface area contributed by atoms with Crippen molar-refractivity contribution in [2.24, 2.45) is 11.1 Å². The number of nitrogens with two attached hydrogens (primary N) is 1. The van der Waals surface area contributed by atoms with E-state index in [1.54, 1.807) is 18.2 Å². The lowest BCUT2D eigenvalue weighted by Gasteiger charge is -2.40. The van der Waals surface area contributed by atoms with Gasteiger partial charge in [-0.05, 0) is 43.0 Å². The van der Waals surface area contributed by atoms with E-state index in [-0.39, 0.29) is 17.9 Å². The standard InChI is InChI=1S/C19H24N4O4/c1-19(2)9-14-13(17(25)23(14)15(19)18(26)27)8-12-5-4-11(10-22-12)16(24)21-7-3-6-20/h4-5,8,10,14-15H,3,6-7,9,20H2,1-2H3,(H,21,24)(H,26,27). The van der Waals surface area contributed by atoms with Crippen molar-refractivity contribution < 1.29 is 19.5 Å². The average Bonchev–Trinajstić information content (AvgIpc) is 2.88. The Balaban J connectivity index is 1.72. The van der Waals surface area contributed by atoms with Crippen molar-refractivity contribution in [2.45, 2.75) is 38.8 Å². The van der Waals surface area contributed by atoms with Crippen LogP contribution in [0.1, 0.15) is 42.7 Å². The van der Waals surface area contributed by atoms with Crippen LogP contribution in [0.25, 0.3) is 6.08 Å². The van der Waals surface area contributed by atoms with Crippen molar-refractivity contribution in [1.29, 1.82) is 0 Å². The highest BCUT2D eigenvalue weighted by Crippen LogP contribution is 2.49. The van der Waals surface area contributed by atoms with Crippen LogP contribution < -0.4 is 11.1 Å². The van der Waals surface area contributed by atoms with Crippen LogP contribution >= 0.6 is 0 Å². The summed E-state index contributed by atoms with van der Waals surface area (Å²) < 4.78 is 0. The predicted molar refractivity (Wildman–Crippen MR) is 98.7 cm³/mol. The number of nitrogens with zero attached hydrogens (tertiary/aromatic N) is 2. The number of carboxylic acids is 1. The Morgan fingerprint density at radius 3 is 2.78 bits per heavy atom. The van der Waals surface area contributed by atoms with E-state index in [1.807, 2.05) is 13.8 Å². The highest BCUT2D eigenvalue weighted by atomic mass is 16.4. The molecule has 4 N–H and O–H groups in total. The zero-order valence-electron chi connectivity index (χ0n) is 15.4. The summed E-state index contributed by atoms with van der Waals surface area (Å²) in [5.74, 6) is -1.45. The quantitative estimate of drug-likeness (QED) is 0.382. The highest BCUT2D eigenvalue weighted by Gasteiger charge is 2.60. The third kappa shape index (κ3) is 3.44. The maximum absolute atomic E-state index is 12.5. The maximum atomic E-state index is 12.5. The average molecular weight is 372 g/mol. The topological polar surface area (TPSA) is 126 Å². The van der Waals surface area contributed by atoms with Gasteiger partial charge in [-0.1, -0.05) is 13.8 Å². The number of carboxylic acid groups (broad SMARTS) is 1. The number of rotatable bonds is 6. The Labute approximate surface area is 157 Å². The van der Waals surface area contributed by atoms with E-state index < -0.39 is 17.4 Å². The Hall–Kier alpha value is -2.74. The first-order valence-electron chi connectivity index (χ1n) is 8.97.